The van der Waals surface area contributed by atoms with Gasteiger partial charge in [-0.25, -0.2) is 0 Å². The number of ether oxygens (including phenoxy) is 2. The van der Waals surface area contributed by atoms with Gasteiger partial charge in [-0.15, -0.1) is 0 Å². The van der Waals surface area contributed by atoms with Crippen LogP contribution in [0.5, 0.6) is 5.75 Å². The highest BCUT2D eigenvalue weighted by Gasteiger charge is 2.09. The Morgan fingerprint density at radius 1 is 1.14 bits per heavy atom. The van der Waals surface area contributed by atoms with Crippen molar-refractivity contribution >= 4 is 11.8 Å². The summed E-state index contributed by atoms with van der Waals surface area (Å²) in [5.41, 5.74) is 1.05. The fourth-order valence-electron chi connectivity index (χ4n) is 1.17. The first-order valence-electron chi connectivity index (χ1n) is 7.24. The molecular weight excluding hydrogens is 268 g/mol. The molecule has 120 valence electrons. The van der Waals surface area contributed by atoms with Gasteiger partial charge in [0, 0.05) is 6.92 Å². The Kier molecular flexibility index (Phi) is 13.4. The van der Waals surface area contributed by atoms with Gasteiger partial charge in [-0.2, -0.15) is 0 Å². The van der Waals surface area contributed by atoms with Crippen LogP contribution in [0.3, 0.4) is 0 Å². The molecule has 1 atom stereocenters. The lowest BCUT2D eigenvalue weighted by Gasteiger charge is -2.13. The molecule has 1 rings (SSSR count). The zero-order valence-electron chi connectivity index (χ0n) is 14.2. The second kappa shape index (κ2) is 13.2. The third kappa shape index (κ3) is 11.7. The number of ketones is 1. The number of esters is 1. The number of Topliss-reactive ketones (excluding diaryl/α,β-unsaturated/α-hetero) is 1. The average molecular weight is 296 g/mol. The van der Waals surface area contributed by atoms with Crippen molar-refractivity contribution in [2.75, 3.05) is 6.61 Å². The van der Waals surface area contributed by atoms with E-state index in [2.05, 4.69) is 4.74 Å². The maximum absolute atomic E-state index is 10.9. The molecule has 1 aromatic carbocycles. The Bertz CT molecular complexity index is 413. The van der Waals surface area contributed by atoms with Crippen molar-refractivity contribution in [2.45, 2.75) is 54.6 Å². The maximum atomic E-state index is 10.9. The lowest BCUT2D eigenvalue weighted by molar-refractivity contribution is -0.140. The number of para-hydroxylation sites is 1. The molecule has 4 nitrogen and oxygen atoms in total. The summed E-state index contributed by atoms with van der Waals surface area (Å²) < 4.78 is 9.86. The van der Waals surface area contributed by atoms with E-state index in [-0.39, 0.29) is 17.9 Å². The molecule has 0 aliphatic rings. The third-order valence-corrected chi connectivity index (χ3v) is 2.32. The fourth-order valence-corrected chi connectivity index (χ4v) is 1.17. The van der Waals surface area contributed by atoms with Gasteiger partial charge in [0.1, 0.15) is 5.75 Å². The van der Waals surface area contributed by atoms with Gasteiger partial charge in [0.05, 0.1) is 6.61 Å². The summed E-state index contributed by atoms with van der Waals surface area (Å²) in [4.78, 5) is 20.8. The molecule has 0 aliphatic heterocycles. The summed E-state index contributed by atoms with van der Waals surface area (Å²) in [6, 6.07) is 7.67. The van der Waals surface area contributed by atoms with E-state index in [1.807, 2.05) is 45.0 Å². The number of carbonyl (C=O) groups excluding carboxylic acids is 2. The zero-order valence-corrected chi connectivity index (χ0v) is 14.2. The predicted octanol–water partition coefficient (Wildman–Crippen LogP) is 3.95. The number of rotatable bonds is 4. The van der Waals surface area contributed by atoms with Gasteiger partial charge in [-0.05, 0) is 39.3 Å². The van der Waals surface area contributed by atoms with Gasteiger partial charge in [0.15, 0.2) is 11.9 Å². The first-order valence-corrected chi connectivity index (χ1v) is 7.24. The van der Waals surface area contributed by atoms with E-state index in [0.717, 1.165) is 11.3 Å². The van der Waals surface area contributed by atoms with Gasteiger partial charge in [0.2, 0.25) is 0 Å². The lowest BCUT2D eigenvalue weighted by atomic mass is 10.2. The highest BCUT2D eigenvalue weighted by Crippen LogP contribution is 2.17. The van der Waals surface area contributed by atoms with Crippen LogP contribution in [0.4, 0.5) is 0 Å². The van der Waals surface area contributed by atoms with E-state index in [9.17, 15) is 9.59 Å². The Hall–Kier alpha value is -1.84. The summed E-state index contributed by atoms with van der Waals surface area (Å²) in [5, 5.41) is 0. The Morgan fingerprint density at radius 3 is 2.00 bits per heavy atom. The topological polar surface area (TPSA) is 52.6 Å². The molecule has 0 radical (unpaired) electrons. The number of aryl methyl sites for hydroxylation is 1. The quantitative estimate of drug-likeness (QED) is 0.789. The molecule has 0 saturated heterocycles. The molecule has 1 aromatic rings. The van der Waals surface area contributed by atoms with Crippen LogP contribution in [0, 0.1) is 6.92 Å². The van der Waals surface area contributed by atoms with Gasteiger partial charge < -0.3 is 9.47 Å². The minimum Gasteiger partial charge on any atom is -0.483 e. The fraction of sp³-hybridized carbons (Fsp3) is 0.529. The molecule has 0 bridgehead atoms. The SMILES string of the molecule is CC.CC(=O)C(C)Oc1ccccc1C.CCOC(C)=O. The van der Waals surface area contributed by atoms with Crippen LogP contribution in [0.15, 0.2) is 24.3 Å². The molecule has 0 spiro atoms. The van der Waals surface area contributed by atoms with Gasteiger partial charge in [-0.1, -0.05) is 32.0 Å². The second-order valence-corrected chi connectivity index (χ2v) is 4.06. The molecule has 0 heterocycles. The largest absolute Gasteiger partial charge is 0.483 e. The molecule has 1 unspecified atom stereocenters. The third-order valence-electron chi connectivity index (χ3n) is 2.32. The van der Waals surface area contributed by atoms with Gasteiger partial charge in [0.25, 0.3) is 0 Å². The number of hydrogen-bond donors (Lipinski definition) is 0. The number of hydrogen-bond acceptors (Lipinski definition) is 4. The Labute approximate surface area is 128 Å². The van der Waals surface area contributed by atoms with E-state index >= 15 is 0 Å². The summed E-state index contributed by atoms with van der Waals surface area (Å²) in [6.07, 6.45) is -0.360. The van der Waals surface area contributed by atoms with Crippen molar-refractivity contribution in [1.29, 1.82) is 0 Å². The summed E-state index contributed by atoms with van der Waals surface area (Å²) in [6.45, 7) is 12.9. The molecule has 0 amide bonds. The maximum Gasteiger partial charge on any atom is 0.302 e. The van der Waals surface area contributed by atoms with Crippen molar-refractivity contribution in [3.8, 4) is 5.75 Å². The van der Waals surface area contributed by atoms with Crippen LogP contribution in [0.25, 0.3) is 0 Å². The monoisotopic (exact) mass is 296 g/mol. The Balaban J connectivity index is 0. The standard InChI is InChI=1S/C11H14O2.C4H8O2.C2H6/c1-8-6-4-5-7-11(8)13-10(3)9(2)12;1-3-6-4(2)5;1-2/h4-7,10H,1-3H3;3H2,1-2H3;1-2H3. The Morgan fingerprint density at radius 2 is 1.67 bits per heavy atom. The van der Waals surface area contributed by atoms with Crippen molar-refractivity contribution in [3.63, 3.8) is 0 Å². The number of carbonyl (C=O) groups is 2. The van der Waals surface area contributed by atoms with Crippen LogP contribution < -0.4 is 4.74 Å². The van der Waals surface area contributed by atoms with Crippen molar-refractivity contribution in [3.05, 3.63) is 29.8 Å². The minimum absolute atomic E-state index is 0.0447. The smallest absolute Gasteiger partial charge is 0.302 e. The minimum atomic E-state index is -0.360. The van der Waals surface area contributed by atoms with E-state index in [1.165, 1.54) is 13.8 Å². The van der Waals surface area contributed by atoms with E-state index < -0.39 is 0 Å². The summed E-state index contributed by atoms with van der Waals surface area (Å²) >= 11 is 0. The normalized spacial score (nSPS) is 10.0. The molecule has 0 N–H and O–H groups in total. The molecule has 0 aromatic heterocycles. The van der Waals surface area contributed by atoms with E-state index in [0.29, 0.717) is 6.61 Å². The highest BCUT2D eigenvalue weighted by molar-refractivity contribution is 5.80. The molecule has 4 heteroatoms. The zero-order chi connectivity index (χ0) is 16.8. The molecule has 0 saturated carbocycles. The molecule has 0 aliphatic carbocycles. The van der Waals surface area contributed by atoms with E-state index in [1.54, 1.807) is 13.8 Å². The highest BCUT2D eigenvalue weighted by atomic mass is 16.5. The van der Waals surface area contributed by atoms with Crippen LogP contribution in [0.2, 0.25) is 0 Å². The van der Waals surface area contributed by atoms with Crippen molar-refractivity contribution < 1.29 is 19.1 Å². The second-order valence-electron chi connectivity index (χ2n) is 4.06. The van der Waals surface area contributed by atoms with Crippen molar-refractivity contribution in [2.24, 2.45) is 0 Å². The van der Waals surface area contributed by atoms with Crippen molar-refractivity contribution in [1.82, 2.24) is 0 Å². The number of benzene rings is 1. The van der Waals surface area contributed by atoms with Crippen LogP contribution >= 0.6 is 0 Å². The van der Waals surface area contributed by atoms with E-state index in [4.69, 9.17) is 4.74 Å². The lowest BCUT2D eigenvalue weighted by Crippen LogP contribution is -2.20. The molecule has 21 heavy (non-hydrogen) atoms. The summed E-state index contributed by atoms with van der Waals surface area (Å²) in [7, 11) is 0. The average Bonchev–Trinajstić information content (AvgIpc) is 2.44. The summed E-state index contributed by atoms with van der Waals surface area (Å²) in [5.74, 6) is 0.617. The first-order chi connectivity index (χ1) is 9.88. The van der Waals surface area contributed by atoms with Gasteiger partial charge >= 0.3 is 5.97 Å². The molecule has 0 fully saturated rings. The predicted molar refractivity (Wildman–Crippen MR) is 85.6 cm³/mol. The first kappa shape index (κ1) is 21.5. The molecular formula is C17H28O4. The van der Waals surface area contributed by atoms with Gasteiger partial charge in [-0.3, -0.25) is 9.59 Å². The van der Waals surface area contributed by atoms with Crippen LogP contribution in [-0.2, 0) is 14.3 Å². The van der Waals surface area contributed by atoms with Crippen LogP contribution in [0.1, 0.15) is 47.1 Å². The van der Waals surface area contributed by atoms with Crippen LogP contribution in [-0.4, -0.2) is 24.5 Å².